The summed E-state index contributed by atoms with van der Waals surface area (Å²) in [4.78, 5) is 38.4. The number of anilines is 2. The minimum Gasteiger partial charge on any atom is -0.307 e. The van der Waals surface area contributed by atoms with E-state index in [0.29, 0.717) is 36.1 Å². The zero-order chi connectivity index (χ0) is 55.5. The lowest BCUT2D eigenvalue weighted by Crippen LogP contribution is -2.34. The summed E-state index contributed by atoms with van der Waals surface area (Å²) < 4.78 is 2.29. The molecule has 4 aromatic rings. The molecule has 0 bridgehead atoms. The second-order valence-corrected chi connectivity index (χ2v) is 28.7. The van der Waals surface area contributed by atoms with E-state index in [2.05, 4.69) is 132 Å². The maximum atomic E-state index is 15.9. The summed E-state index contributed by atoms with van der Waals surface area (Å²) in [7, 11) is 0. The molecule has 4 nitrogen and oxygen atoms in total. The molecule has 0 unspecified atom stereocenters. The van der Waals surface area contributed by atoms with Gasteiger partial charge in [-0.2, -0.15) is 0 Å². The van der Waals surface area contributed by atoms with Crippen LogP contribution in [0.25, 0.3) is 32.0 Å². The Balaban J connectivity index is 1.35. The average molecular weight is 1230 g/mol. The zero-order valence-electron chi connectivity index (χ0n) is 49.9. The van der Waals surface area contributed by atoms with Crippen molar-refractivity contribution < 1.29 is 9.59 Å². The van der Waals surface area contributed by atoms with Crippen LogP contribution >= 0.6 is 54.5 Å². The maximum absolute atomic E-state index is 15.9. The molecular formula is C70H104Br2N2O2S2. The lowest BCUT2D eigenvalue weighted by Gasteiger charge is -2.25. The van der Waals surface area contributed by atoms with Crippen LogP contribution < -0.4 is 9.80 Å². The number of thiophene rings is 2. The van der Waals surface area contributed by atoms with Crippen LogP contribution in [0.3, 0.4) is 0 Å². The first-order chi connectivity index (χ1) is 38.1. The Morgan fingerprint density at radius 3 is 0.910 bits per heavy atom. The summed E-state index contributed by atoms with van der Waals surface area (Å²) in [5, 5.41) is 0. The number of halogens is 2. The number of rotatable bonds is 42. The van der Waals surface area contributed by atoms with E-state index >= 15 is 9.59 Å². The van der Waals surface area contributed by atoms with E-state index < -0.39 is 0 Å². The second-order valence-electron chi connectivity index (χ2n) is 24.0. The van der Waals surface area contributed by atoms with Gasteiger partial charge < -0.3 is 9.80 Å². The van der Waals surface area contributed by atoms with Crippen LogP contribution in [0.4, 0.5) is 11.4 Å². The molecule has 0 saturated heterocycles. The summed E-state index contributed by atoms with van der Waals surface area (Å²) in [6.07, 6.45) is 46.3. The number of nitrogens with zero attached hydrogens (tertiary/aromatic N) is 2. The van der Waals surface area contributed by atoms with Crippen molar-refractivity contribution in [3.05, 3.63) is 78.4 Å². The topological polar surface area (TPSA) is 40.6 Å². The van der Waals surface area contributed by atoms with Gasteiger partial charge >= 0.3 is 0 Å². The summed E-state index contributed by atoms with van der Waals surface area (Å²) in [6, 6.07) is 17.9. The van der Waals surface area contributed by atoms with Crippen molar-refractivity contribution in [2.45, 2.75) is 273 Å². The molecule has 2 aromatic carbocycles. The van der Waals surface area contributed by atoms with Gasteiger partial charge in [0, 0.05) is 34.0 Å². The van der Waals surface area contributed by atoms with E-state index in [4.69, 9.17) is 0 Å². The number of carbonyl (C=O) groups is 2. The summed E-state index contributed by atoms with van der Waals surface area (Å²) in [5.74, 6) is 0.825. The summed E-state index contributed by atoms with van der Waals surface area (Å²) >= 11 is 11.2. The van der Waals surface area contributed by atoms with E-state index in [0.717, 1.165) is 66.9 Å². The predicted octanol–water partition coefficient (Wildman–Crippen LogP) is 24.2. The van der Waals surface area contributed by atoms with Gasteiger partial charge in [0.25, 0.3) is 11.8 Å². The minimum atomic E-state index is 0.00926. The van der Waals surface area contributed by atoms with Gasteiger partial charge in [0.2, 0.25) is 0 Å². The van der Waals surface area contributed by atoms with Crippen LogP contribution in [0.15, 0.2) is 56.1 Å². The van der Waals surface area contributed by atoms with Crippen molar-refractivity contribution >= 4 is 88.9 Å². The second kappa shape index (κ2) is 36.1. The highest BCUT2D eigenvalue weighted by atomic mass is 79.9. The van der Waals surface area contributed by atoms with Crippen LogP contribution in [0.5, 0.6) is 0 Å². The first kappa shape index (κ1) is 64.6. The van der Waals surface area contributed by atoms with E-state index in [-0.39, 0.29) is 11.8 Å². The number of hydrogen-bond acceptors (Lipinski definition) is 4. The molecule has 0 saturated carbocycles. The lowest BCUT2D eigenvalue weighted by molar-refractivity contribution is -0.114. The Kier molecular flexibility index (Phi) is 30.0. The van der Waals surface area contributed by atoms with Crippen molar-refractivity contribution in [1.82, 2.24) is 0 Å². The lowest BCUT2D eigenvalue weighted by atomic mass is 9.93. The average Bonchev–Trinajstić information content (AvgIpc) is 4.28. The molecule has 0 radical (unpaired) electrons. The van der Waals surface area contributed by atoms with E-state index in [9.17, 15) is 0 Å². The number of carbonyl (C=O) groups excluding carboxylic acids is 2. The minimum absolute atomic E-state index is 0.00926. The van der Waals surface area contributed by atoms with Crippen molar-refractivity contribution in [2.75, 3.05) is 22.9 Å². The Hall–Kier alpha value is -2.52. The summed E-state index contributed by atoms with van der Waals surface area (Å²) in [6.45, 7) is 14.9. The molecule has 78 heavy (non-hydrogen) atoms. The first-order valence-electron chi connectivity index (χ1n) is 32.3. The third-order valence-electron chi connectivity index (χ3n) is 17.3. The molecular weight excluding hydrogens is 1120 g/mol. The molecule has 2 amide bonds. The van der Waals surface area contributed by atoms with Gasteiger partial charge in [-0.15, -0.1) is 22.7 Å². The Bertz CT molecular complexity index is 2190. The molecule has 6 rings (SSSR count). The fraction of sp³-hybridized carbons (Fsp3) is 0.657. The van der Waals surface area contributed by atoms with Crippen molar-refractivity contribution in [3.63, 3.8) is 0 Å². The third-order valence-corrected chi connectivity index (χ3v) is 21.7. The normalized spacial score (nSPS) is 14.4. The molecule has 2 aliphatic rings. The van der Waals surface area contributed by atoms with Gasteiger partial charge in [-0.1, -0.05) is 257 Å². The molecule has 4 heterocycles. The van der Waals surface area contributed by atoms with Crippen LogP contribution in [-0.2, 0) is 9.59 Å². The quantitative estimate of drug-likeness (QED) is 0.0328. The van der Waals surface area contributed by atoms with E-state index in [1.165, 1.54) is 226 Å². The van der Waals surface area contributed by atoms with E-state index in [1.54, 1.807) is 22.7 Å². The number of unbranched alkanes of at least 4 members (excludes halogenated alkanes) is 28. The van der Waals surface area contributed by atoms with Gasteiger partial charge in [-0.25, -0.2) is 0 Å². The van der Waals surface area contributed by atoms with Crippen molar-refractivity contribution in [3.8, 4) is 20.9 Å². The van der Waals surface area contributed by atoms with Gasteiger partial charge in [0.1, 0.15) is 0 Å². The van der Waals surface area contributed by atoms with Gasteiger partial charge in [-0.3, -0.25) is 9.59 Å². The highest BCUT2D eigenvalue weighted by Gasteiger charge is 2.43. The SMILES string of the molecule is CCCCCCCCCCC(CCCCCCCCCC)CN1C(=O)/C(=C2/C(=O)N(CC(CCCCCCCCCC)CCCCCCCCCC)c3cc(-c4cc(C)c(Br)s4)ccc32)c2ccc(-c3cc(C)c(Br)s3)cc21. The van der Waals surface area contributed by atoms with E-state index in [1.807, 2.05) is 0 Å². The predicted molar refractivity (Wildman–Crippen MR) is 352 cm³/mol. The fourth-order valence-corrected chi connectivity index (χ4v) is 15.5. The summed E-state index contributed by atoms with van der Waals surface area (Å²) in [5.41, 5.74) is 9.72. The molecule has 8 heteroatoms. The highest BCUT2D eigenvalue weighted by Crippen LogP contribution is 2.50. The maximum Gasteiger partial charge on any atom is 0.259 e. The zero-order valence-corrected chi connectivity index (χ0v) is 54.7. The van der Waals surface area contributed by atoms with Crippen LogP contribution in [-0.4, -0.2) is 24.9 Å². The highest BCUT2D eigenvalue weighted by molar-refractivity contribution is 9.11. The van der Waals surface area contributed by atoms with Crippen molar-refractivity contribution in [1.29, 1.82) is 0 Å². The molecule has 2 aliphatic heterocycles. The first-order valence-corrected chi connectivity index (χ1v) is 35.5. The molecule has 0 fully saturated rings. The van der Waals surface area contributed by atoms with Gasteiger partial charge in [0.05, 0.1) is 30.1 Å². The van der Waals surface area contributed by atoms with Crippen LogP contribution in [0, 0.1) is 25.7 Å². The molecule has 432 valence electrons. The Morgan fingerprint density at radius 1 is 0.385 bits per heavy atom. The van der Waals surface area contributed by atoms with Gasteiger partial charge in [-0.05, 0) is 130 Å². The van der Waals surface area contributed by atoms with Crippen LogP contribution in [0.1, 0.15) is 281 Å². The fourth-order valence-electron chi connectivity index (χ4n) is 12.4. The Morgan fingerprint density at radius 2 is 0.654 bits per heavy atom. The smallest absolute Gasteiger partial charge is 0.259 e. The number of hydrogen-bond donors (Lipinski definition) is 0. The largest absolute Gasteiger partial charge is 0.307 e. The molecule has 0 spiro atoms. The molecule has 2 aromatic heterocycles. The number of aryl methyl sites for hydroxylation is 2. The molecule has 0 aliphatic carbocycles. The Labute approximate surface area is 501 Å². The standard InChI is InChI=1S/C70H104Br2N2O2S2/c1-7-11-15-19-23-27-31-35-39-55(40-36-32-28-24-20-16-12-8-2)51-73-61-49-57(63-47-53(5)67(71)77-63)43-45-59(61)65(69(73)75)66-60-46-44-58(64-48-54(6)68(72)78-64)50-62(60)74(70(66)76)52-56(41-37-33-29-25-21-17-13-9-3)42-38-34-30-26-22-18-14-10-4/h43-50,55-56H,7-42,51-52H2,1-6H3/b66-65+. The van der Waals surface area contributed by atoms with Crippen LogP contribution in [0.2, 0.25) is 0 Å². The number of fused-ring (bicyclic) bond motifs is 2. The monoisotopic (exact) mass is 1230 g/mol. The van der Waals surface area contributed by atoms with Gasteiger partial charge in [0.15, 0.2) is 0 Å². The molecule has 0 atom stereocenters. The number of amides is 2. The van der Waals surface area contributed by atoms with Crippen molar-refractivity contribution in [2.24, 2.45) is 11.8 Å². The number of benzene rings is 2. The molecule has 0 N–H and O–H groups in total. The third kappa shape index (κ3) is 19.8.